The number of piperidine rings is 1. The van der Waals surface area contributed by atoms with E-state index in [0.29, 0.717) is 30.3 Å². The van der Waals surface area contributed by atoms with Gasteiger partial charge in [-0.05, 0) is 32.9 Å². The number of ether oxygens (including phenoxy) is 1. The van der Waals surface area contributed by atoms with Crippen molar-refractivity contribution >= 4 is 28.3 Å². The topological polar surface area (TPSA) is 72.2 Å². The average Bonchev–Trinajstić information content (AvgIpc) is 3.36. The van der Waals surface area contributed by atoms with Crippen LogP contribution in [0.4, 0.5) is 19.0 Å². The number of hydrogen-bond donors (Lipinski definition) is 0. The minimum absolute atomic E-state index is 0.0764. The van der Waals surface area contributed by atoms with Crippen LogP contribution in [0.1, 0.15) is 34.5 Å². The van der Waals surface area contributed by atoms with Gasteiger partial charge in [0.15, 0.2) is 17.0 Å². The zero-order valence-electron chi connectivity index (χ0n) is 19.0. The molecule has 0 saturated carbocycles. The zero-order valence-corrected chi connectivity index (χ0v) is 19.8. The van der Waals surface area contributed by atoms with Crippen molar-refractivity contribution in [3.05, 3.63) is 28.2 Å². The predicted octanol–water partition coefficient (Wildman–Crippen LogP) is 3.62. The maximum Gasteiger partial charge on any atom is 0.406 e. The maximum atomic E-state index is 13.1. The Morgan fingerprint density at radius 2 is 1.97 bits per heavy atom. The number of imidazole rings is 1. The van der Waals surface area contributed by atoms with Gasteiger partial charge in [-0.25, -0.2) is 19.9 Å². The third-order valence-corrected chi connectivity index (χ3v) is 6.68. The Morgan fingerprint density at radius 1 is 1.21 bits per heavy atom. The molecule has 180 valence electrons. The van der Waals surface area contributed by atoms with Crippen molar-refractivity contribution in [2.75, 3.05) is 45.3 Å². The summed E-state index contributed by atoms with van der Waals surface area (Å²) in [5, 5.41) is 1.10. The summed E-state index contributed by atoms with van der Waals surface area (Å²) >= 11 is 1.70. The number of alkyl halides is 3. The van der Waals surface area contributed by atoms with E-state index in [4.69, 9.17) is 9.72 Å². The van der Waals surface area contributed by atoms with Gasteiger partial charge in [0.1, 0.15) is 17.4 Å². The van der Waals surface area contributed by atoms with Crippen LogP contribution in [0.3, 0.4) is 0 Å². The number of halogens is 3. The lowest BCUT2D eigenvalue weighted by Gasteiger charge is -2.31. The SMILES string of the molecule is COCCN(C)c1nc(C2CCN(Cc3ncc(C)s3)CC2)nc2c1ncn2CC(F)(F)F. The second-order valence-corrected chi connectivity index (χ2v) is 9.71. The first-order chi connectivity index (χ1) is 15.7. The van der Waals surface area contributed by atoms with Gasteiger partial charge < -0.3 is 14.2 Å². The van der Waals surface area contributed by atoms with Gasteiger partial charge in [0.05, 0.1) is 19.5 Å². The summed E-state index contributed by atoms with van der Waals surface area (Å²) in [5.74, 6) is 1.19. The van der Waals surface area contributed by atoms with E-state index in [-0.39, 0.29) is 11.6 Å². The lowest BCUT2D eigenvalue weighted by molar-refractivity contribution is -0.140. The maximum absolute atomic E-state index is 13.1. The summed E-state index contributed by atoms with van der Waals surface area (Å²) in [7, 11) is 3.44. The minimum Gasteiger partial charge on any atom is -0.383 e. The molecule has 0 aliphatic carbocycles. The molecule has 0 radical (unpaired) electrons. The van der Waals surface area contributed by atoms with Gasteiger partial charge >= 0.3 is 6.18 Å². The highest BCUT2D eigenvalue weighted by Gasteiger charge is 2.31. The van der Waals surface area contributed by atoms with Crippen LogP contribution in [0.15, 0.2) is 12.5 Å². The molecule has 1 saturated heterocycles. The lowest BCUT2D eigenvalue weighted by atomic mass is 9.96. The molecule has 4 heterocycles. The monoisotopic (exact) mass is 483 g/mol. The molecule has 0 aromatic carbocycles. The Balaban J connectivity index is 1.57. The normalized spacial score (nSPS) is 16.1. The summed E-state index contributed by atoms with van der Waals surface area (Å²) < 4.78 is 45.6. The number of aryl methyl sites for hydroxylation is 1. The number of likely N-dealkylation sites (tertiary alicyclic amines) is 1. The van der Waals surface area contributed by atoms with Crippen LogP contribution in [-0.2, 0) is 17.8 Å². The van der Waals surface area contributed by atoms with Gasteiger partial charge in [-0.3, -0.25) is 4.90 Å². The summed E-state index contributed by atoms with van der Waals surface area (Å²) in [4.78, 5) is 23.4. The molecule has 3 aromatic rings. The molecule has 3 aromatic heterocycles. The number of rotatable bonds is 8. The van der Waals surface area contributed by atoms with Crippen molar-refractivity contribution < 1.29 is 17.9 Å². The van der Waals surface area contributed by atoms with E-state index in [1.54, 1.807) is 18.4 Å². The fourth-order valence-electron chi connectivity index (χ4n) is 4.05. The number of nitrogens with zero attached hydrogens (tertiary/aromatic N) is 7. The first-order valence-electron chi connectivity index (χ1n) is 10.9. The van der Waals surface area contributed by atoms with Crippen LogP contribution < -0.4 is 4.90 Å². The van der Waals surface area contributed by atoms with E-state index in [0.717, 1.165) is 42.1 Å². The molecular weight excluding hydrogens is 455 g/mol. The van der Waals surface area contributed by atoms with E-state index < -0.39 is 12.7 Å². The highest BCUT2D eigenvalue weighted by molar-refractivity contribution is 7.11. The van der Waals surface area contributed by atoms with Crippen molar-refractivity contribution in [1.29, 1.82) is 0 Å². The van der Waals surface area contributed by atoms with Gasteiger partial charge in [0, 0.05) is 37.7 Å². The van der Waals surface area contributed by atoms with Crippen molar-refractivity contribution in [2.24, 2.45) is 0 Å². The quantitative estimate of drug-likeness (QED) is 0.485. The van der Waals surface area contributed by atoms with Gasteiger partial charge in [-0.15, -0.1) is 11.3 Å². The standard InChI is InChI=1S/C21H28F3N7OS/c1-14-10-25-16(33-14)11-30-6-4-15(5-7-30)18-27-19(29(2)8-9-32-3)17-20(28-18)31(13-26-17)12-21(22,23)24/h10,13,15H,4-9,11-12H2,1-3H3. The molecule has 0 N–H and O–H groups in total. The molecule has 4 rings (SSSR count). The Kier molecular flexibility index (Phi) is 7.15. The van der Waals surface area contributed by atoms with Crippen molar-refractivity contribution in [3.8, 4) is 0 Å². The number of thiazole rings is 1. The largest absolute Gasteiger partial charge is 0.406 e. The fraction of sp³-hybridized carbons (Fsp3) is 0.619. The number of aromatic nitrogens is 5. The third kappa shape index (κ3) is 5.79. The van der Waals surface area contributed by atoms with E-state index >= 15 is 0 Å². The summed E-state index contributed by atoms with van der Waals surface area (Å²) in [6.07, 6.45) is 0.403. The van der Waals surface area contributed by atoms with Crippen molar-refractivity contribution in [2.45, 2.75) is 44.9 Å². The predicted molar refractivity (Wildman–Crippen MR) is 121 cm³/mol. The van der Waals surface area contributed by atoms with Gasteiger partial charge in [-0.1, -0.05) is 0 Å². The number of hydrogen-bond acceptors (Lipinski definition) is 8. The molecule has 0 amide bonds. The number of fused-ring (bicyclic) bond motifs is 1. The second-order valence-electron chi connectivity index (χ2n) is 8.39. The molecule has 0 spiro atoms. The van der Waals surface area contributed by atoms with E-state index in [1.807, 2.05) is 25.1 Å². The number of likely N-dealkylation sites (N-methyl/N-ethyl adjacent to an activating group) is 1. The smallest absolute Gasteiger partial charge is 0.383 e. The molecule has 0 bridgehead atoms. The van der Waals surface area contributed by atoms with Crippen LogP contribution in [0.5, 0.6) is 0 Å². The number of anilines is 1. The Labute approximate surface area is 194 Å². The molecule has 1 fully saturated rings. The van der Waals surface area contributed by atoms with Crippen LogP contribution in [-0.4, -0.2) is 76.0 Å². The lowest BCUT2D eigenvalue weighted by Crippen LogP contribution is -2.33. The third-order valence-electron chi connectivity index (χ3n) is 5.79. The molecule has 8 nitrogen and oxygen atoms in total. The van der Waals surface area contributed by atoms with Crippen LogP contribution >= 0.6 is 11.3 Å². The molecule has 1 aliphatic rings. The molecular formula is C21H28F3N7OS. The van der Waals surface area contributed by atoms with Crippen molar-refractivity contribution in [1.82, 2.24) is 29.4 Å². The zero-order chi connectivity index (χ0) is 23.6. The van der Waals surface area contributed by atoms with Crippen LogP contribution in [0.2, 0.25) is 0 Å². The Bertz CT molecular complexity index is 1080. The molecule has 33 heavy (non-hydrogen) atoms. The minimum atomic E-state index is -4.36. The molecule has 12 heteroatoms. The van der Waals surface area contributed by atoms with Gasteiger partial charge in [-0.2, -0.15) is 13.2 Å². The van der Waals surface area contributed by atoms with Gasteiger partial charge in [0.2, 0.25) is 0 Å². The van der Waals surface area contributed by atoms with Gasteiger partial charge in [0.25, 0.3) is 0 Å². The fourth-order valence-corrected chi connectivity index (χ4v) is 4.88. The van der Waals surface area contributed by atoms with E-state index in [9.17, 15) is 13.2 Å². The Morgan fingerprint density at radius 3 is 2.61 bits per heavy atom. The van der Waals surface area contributed by atoms with E-state index in [1.165, 1.54) is 11.2 Å². The first kappa shape index (κ1) is 23.8. The van der Waals surface area contributed by atoms with Crippen molar-refractivity contribution in [3.63, 3.8) is 0 Å². The average molecular weight is 484 g/mol. The molecule has 1 aliphatic heterocycles. The van der Waals surface area contributed by atoms with E-state index in [2.05, 4.69) is 19.9 Å². The highest BCUT2D eigenvalue weighted by atomic mass is 32.1. The summed E-state index contributed by atoms with van der Waals surface area (Å²) in [5.41, 5.74) is 0.593. The second kappa shape index (κ2) is 9.90. The number of methoxy groups -OCH3 is 1. The summed E-state index contributed by atoms with van der Waals surface area (Å²) in [6, 6.07) is 0. The Hall–Kier alpha value is -2.31. The highest BCUT2D eigenvalue weighted by Crippen LogP contribution is 2.31. The van der Waals surface area contributed by atoms with Crippen LogP contribution in [0.25, 0.3) is 11.2 Å². The molecule has 0 atom stereocenters. The molecule has 0 unspecified atom stereocenters. The van der Waals surface area contributed by atoms with Crippen LogP contribution in [0, 0.1) is 6.92 Å². The summed E-state index contributed by atoms with van der Waals surface area (Å²) in [6.45, 7) is 4.46. The first-order valence-corrected chi connectivity index (χ1v) is 11.7.